The molecule has 1 amide bonds. The second-order valence-corrected chi connectivity index (χ2v) is 6.88. The third-order valence-corrected chi connectivity index (χ3v) is 3.79. The summed E-state index contributed by atoms with van der Waals surface area (Å²) in [6, 6.07) is 1.68. The molecule has 0 aliphatic carbocycles. The van der Waals surface area contributed by atoms with Gasteiger partial charge >= 0.3 is 12.1 Å². The van der Waals surface area contributed by atoms with Gasteiger partial charge in [0, 0.05) is 26.2 Å². The number of halogens is 1. The summed E-state index contributed by atoms with van der Waals surface area (Å²) >= 11 is 6.10. The molecule has 1 aliphatic heterocycles. The van der Waals surface area contributed by atoms with Crippen molar-refractivity contribution in [2.24, 2.45) is 0 Å². The number of methoxy groups -OCH3 is 1. The van der Waals surface area contributed by atoms with E-state index in [2.05, 4.69) is 14.6 Å². The summed E-state index contributed by atoms with van der Waals surface area (Å²) in [6.07, 6.45) is 1.28. The largest absolute Gasteiger partial charge is 0.464 e. The van der Waals surface area contributed by atoms with Crippen LogP contribution in [0.3, 0.4) is 0 Å². The fraction of sp³-hybridized carbons (Fsp3) is 0.562. The van der Waals surface area contributed by atoms with E-state index in [4.69, 9.17) is 16.3 Å². The number of carbonyl (C=O) groups excluding carboxylic acids is 2. The molecule has 24 heavy (non-hydrogen) atoms. The zero-order chi connectivity index (χ0) is 17.9. The van der Waals surface area contributed by atoms with Gasteiger partial charge in [0.25, 0.3) is 0 Å². The van der Waals surface area contributed by atoms with Crippen LogP contribution in [-0.2, 0) is 9.47 Å². The first-order valence-corrected chi connectivity index (χ1v) is 8.06. The molecule has 0 N–H and O–H groups in total. The Balaban J connectivity index is 1.98. The van der Waals surface area contributed by atoms with Crippen molar-refractivity contribution in [2.45, 2.75) is 26.4 Å². The lowest BCUT2D eigenvalue weighted by atomic mass is 10.2. The summed E-state index contributed by atoms with van der Waals surface area (Å²) < 4.78 is 10.0. The van der Waals surface area contributed by atoms with Gasteiger partial charge in [-0.1, -0.05) is 11.6 Å². The quantitative estimate of drug-likeness (QED) is 0.759. The first-order valence-electron chi connectivity index (χ1n) is 7.68. The molecule has 7 nitrogen and oxygen atoms in total. The average molecular weight is 356 g/mol. The van der Waals surface area contributed by atoms with Gasteiger partial charge in [0.1, 0.15) is 5.60 Å². The molecule has 1 aromatic rings. The van der Waals surface area contributed by atoms with Crippen molar-refractivity contribution >= 4 is 29.4 Å². The highest BCUT2D eigenvalue weighted by atomic mass is 35.5. The van der Waals surface area contributed by atoms with Gasteiger partial charge in [-0.05, 0) is 26.8 Å². The molecule has 0 spiro atoms. The Morgan fingerprint density at radius 3 is 2.33 bits per heavy atom. The maximum atomic E-state index is 12.1. The van der Waals surface area contributed by atoms with Crippen molar-refractivity contribution in [3.8, 4) is 0 Å². The van der Waals surface area contributed by atoms with Crippen LogP contribution in [0, 0.1) is 0 Å². The minimum absolute atomic E-state index is 0.0929. The van der Waals surface area contributed by atoms with Crippen molar-refractivity contribution in [3.63, 3.8) is 0 Å². The predicted molar refractivity (Wildman–Crippen MR) is 90.6 cm³/mol. The number of hydrogen-bond donors (Lipinski definition) is 0. The maximum absolute atomic E-state index is 12.1. The number of ether oxygens (including phenoxy) is 2. The summed E-state index contributed by atoms with van der Waals surface area (Å²) in [5.74, 6) is -0.568. The van der Waals surface area contributed by atoms with Crippen molar-refractivity contribution in [1.82, 2.24) is 9.88 Å². The lowest BCUT2D eigenvalue weighted by Gasteiger charge is -2.36. The van der Waals surface area contributed by atoms with Crippen LogP contribution in [0.5, 0.6) is 0 Å². The Labute approximate surface area is 146 Å². The number of pyridine rings is 1. The molecule has 1 saturated heterocycles. The average Bonchev–Trinajstić information content (AvgIpc) is 2.52. The van der Waals surface area contributed by atoms with Gasteiger partial charge in [0.15, 0.2) is 5.69 Å². The van der Waals surface area contributed by atoms with E-state index >= 15 is 0 Å². The molecule has 1 aliphatic rings. The van der Waals surface area contributed by atoms with E-state index in [1.54, 1.807) is 17.2 Å². The van der Waals surface area contributed by atoms with Crippen molar-refractivity contribution in [2.75, 3.05) is 38.2 Å². The number of esters is 1. The summed E-state index contributed by atoms with van der Waals surface area (Å²) in [7, 11) is 1.28. The monoisotopic (exact) mass is 355 g/mol. The van der Waals surface area contributed by atoms with Crippen molar-refractivity contribution < 1.29 is 19.1 Å². The van der Waals surface area contributed by atoms with Gasteiger partial charge in [0.2, 0.25) is 0 Å². The minimum atomic E-state index is -0.568. The van der Waals surface area contributed by atoms with Gasteiger partial charge < -0.3 is 19.3 Å². The Morgan fingerprint density at radius 1 is 1.21 bits per heavy atom. The lowest BCUT2D eigenvalue weighted by molar-refractivity contribution is 0.0240. The van der Waals surface area contributed by atoms with E-state index in [9.17, 15) is 9.59 Å². The number of hydrogen-bond acceptors (Lipinski definition) is 6. The van der Waals surface area contributed by atoms with Crippen LogP contribution in [0.4, 0.5) is 10.5 Å². The van der Waals surface area contributed by atoms with Crippen LogP contribution in [0.2, 0.25) is 5.02 Å². The molecule has 0 saturated carbocycles. The zero-order valence-corrected chi connectivity index (χ0v) is 15.1. The lowest BCUT2D eigenvalue weighted by Crippen LogP contribution is -2.50. The zero-order valence-electron chi connectivity index (χ0n) is 14.3. The smallest absolute Gasteiger partial charge is 0.410 e. The fourth-order valence-corrected chi connectivity index (χ4v) is 2.56. The molecule has 132 valence electrons. The fourth-order valence-electron chi connectivity index (χ4n) is 2.32. The Bertz CT molecular complexity index is 622. The second-order valence-electron chi connectivity index (χ2n) is 6.47. The first kappa shape index (κ1) is 18.3. The summed E-state index contributed by atoms with van der Waals surface area (Å²) in [5, 5.41) is 0.244. The van der Waals surface area contributed by atoms with E-state index in [1.165, 1.54) is 7.11 Å². The van der Waals surface area contributed by atoms with Crippen LogP contribution in [0.15, 0.2) is 12.3 Å². The third-order valence-electron chi connectivity index (χ3n) is 3.50. The molecule has 0 radical (unpaired) electrons. The molecule has 0 bridgehead atoms. The van der Waals surface area contributed by atoms with Gasteiger partial charge in [-0.2, -0.15) is 0 Å². The van der Waals surface area contributed by atoms with Gasteiger partial charge in [0.05, 0.1) is 24.0 Å². The summed E-state index contributed by atoms with van der Waals surface area (Å²) in [5.41, 5.74) is 0.391. The van der Waals surface area contributed by atoms with Crippen LogP contribution < -0.4 is 4.90 Å². The number of aromatic nitrogens is 1. The topological polar surface area (TPSA) is 72.0 Å². The normalized spacial score (nSPS) is 15.2. The molecular formula is C16H22ClN3O4. The molecule has 0 aromatic carbocycles. The van der Waals surface area contributed by atoms with E-state index in [1.807, 2.05) is 20.8 Å². The Morgan fingerprint density at radius 2 is 1.83 bits per heavy atom. The third kappa shape index (κ3) is 4.50. The molecule has 1 fully saturated rings. The van der Waals surface area contributed by atoms with Crippen LogP contribution in [-0.4, -0.2) is 60.8 Å². The molecule has 2 rings (SSSR count). The van der Waals surface area contributed by atoms with E-state index in [-0.39, 0.29) is 16.8 Å². The van der Waals surface area contributed by atoms with E-state index in [0.29, 0.717) is 26.2 Å². The number of anilines is 1. The Kier molecular flexibility index (Phi) is 5.54. The highest BCUT2D eigenvalue weighted by Crippen LogP contribution is 2.23. The van der Waals surface area contributed by atoms with E-state index in [0.717, 1.165) is 5.69 Å². The van der Waals surface area contributed by atoms with Crippen LogP contribution in [0.25, 0.3) is 0 Å². The first-order chi connectivity index (χ1) is 11.2. The molecule has 1 aromatic heterocycles. The van der Waals surface area contributed by atoms with Crippen molar-refractivity contribution in [1.29, 1.82) is 0 Å². The van der Waals surface area contributed by atoms with E-state index < -0.39 is 11.6 Å². The summed E-state index contributed by atoms with van der Waals surface area (Å²) in [4.78, 5) is 31.4. The number of rotatable bonds is 2. The van der Waals surface area contributed by atoms with Crippen LogP contribution >= 0.6 is 11.6 Å². The standard InChI is InChI=1S/C16H22ClN3O4/c1-16(2,3)24-15(22)20-7-5-19(6-8-20)11-9-12(17)13(18-10-11)14(21)23-4/h9-10H,5-8H2,1-4H3. The van der Waals surface area contributed by atoms with Crippen LogP contribution in [0.1, 0.15) is 31.3 Å². The number of piperazine rings is 1. The Hall–Kier alpha value is -2.02. The number of amides is 1. The molecule has 0 unspecified atom stereocenters. The number of carbonyl (C=O) groups is 2. The SMILES string of the molecule is COC(=O)c1ncc(N2CCN(C(=O)OC(C)(C)C)CC2)cc1Cl. The summed E-state index contributed by atoms with van der Waals surface area (Å²) in [6.45, 7) is 7.90. The van der Waals surface area contributed by atoms with Gasteiger partial charge in [-0.15, -0.1) is 0 Å². The highest BCUT2D eigenvalue weighted by Gasteiger charge is 2.26. The molecule has 2 heterocycles. The van der Waals surface area contributed by atoms with Crippen molar-refractivity contribution in [3.05, 3.63) is 23.0 Å². The predicted octanol–water partition coefficient (Wildman–Crippen LogP) is 2.58. The second kappa shape index (κ2) is 7.25. The highest BCUT2D eigenvalue weighted by molar-refractivity contribution is 6.33. The number of nitrogens with zero attached hydrogens (tertiary/aromatic N) is 3. The molecular weight excluding hydrogens is 334 g/mol. The molecule has 8 heteroatoms. The van der Waals surface area contributed by atoms with Gasteiger partial charge in [-0.25, -0.2) is 14.6 Å². The minimum Gasteiger partial charge on any atom is -0.464 e. The molecule has 0 atom stereocenters. The maximum Gasteiger partial charge on any atom is 0.410 e. The van der Waals surface area contributed by atoms with Gasteiger partial charge in [-0.3, -0.25) is 0 Å².